The van der Waals surface area contributed by atoms with E-state index in [2.05, 4.69) is 10.6 Å². The van der Waals surface area contributed by atoms with Gasteiger partial charge in [0.1, 0.15) is 12.4 Å². The molecule has 9 heteroatoms. The van der Waals surface area contributed by atoms with Crippen molar-refractivity contribution < 1.29 is 27.9 Å². The van der Waals surface area contributed by atoms with E-state index in [0.29, 0.717) is 5.56 Å². The molecule has 2 N–H and O–H groups in total. The van der Waals surface area contributed by atoms with Crippen molar-refractivity contribution in [3.8, 4) is 0 Å². The van der Waals surface area contributed by atoms with Crippen molar-refractivity contribution >= 4 is 29.1 Å². The predicted octanol–water partition coefficient (Wildman–Crippen LogP) is 2.66. The van der Waals surface area contributed by atoms with Gasteiger partial charge in [0.25, 0.3) is 11.8 Å². The van der Waals surface area contributed by atoms with Crippen molar-refractivity contribution in [2.24, 2.45) is 0 Å². The van der Waals surface area contributed by atoms with Crippen LogP contribution in [-0.4, -0.2) is 30.9 Å². The number of carbonyl (C=O) groups excluding carboxylic acids is 3. The van der Waals surface area contributed by atoms with Crippen LogP contribution in [0.1, 0.15) is 27.0 Å². The normalized spacial score (nSPS) is 11.5. The molecule has 0 unspecified atom stereocenters. The van der Waals surface area contributed by atoms with Gasteiger partial charge in [0, 0.05) is 4.88 Å². The quantitative estimate of drug-likeness (QED) is 0.550. The summed E-state index contributed by atoms with van der Waals surface area (Å²) in [5.41, 5.74) is 0.694. The van der Waals surface area contributed by atoms with Crippen LogP contribution in [0.2, 0.25) is 0 Å². The molecule has 0 aliphatic heterocycles. The topological polar surface area (TPSA) is 97.6 Å². The minimum absolute atomic E-state index is 0.0635. The van der Waals surface area contributed by atoms with Crippen LogP contribution >= 0.6 is 11.3 Å². The summed E-state index contributed by atoms with van der Waals surface area (Å²) in [4.78, 5) is 36.6. The van der Waals surface area contributed by atoms with Gasteiger partial charge in [-0.1, -0.05) is 18.2 Å². The number of furan rings is 1. The van der Waals surface area contributed by atoms with E-state index in [9.17, 15) is 18.8 Å². The first-order valence-electron chi connectivity index (χ1n) is 8.58. The van der Waals surface area contributed by atoms with E-state index in [4.69, 9.17) is 9.15 Å². The second kappa shape index (κ2) is 9.65. The van der Waals surface area contributed by atoms with Gasteiger partial charge in [-0.05, 0) is 41.3 Å². The number of amides is 2. The molecular formula is C20H17FN2O5S. The van der Waals surface area contributed by atoms with Crippen molar-refractivity contribution in [3.05, 3.63) is 82.2 Å². The zero-order chi connectivity index (χ0) is 20.6. The standard InChI is InChI=1S/C20H17FN2O5S/c21-14-7-5-13(6-8-14)19(16-4-2-10-29-16)23-17(24)12-28-18(25)11-22-20(26)15-3-1-9-27-15/h1-10,19H,11-12H2,(H,22,26)(H,23,24)/t19-/m1/s1. The van der Waals surface area contributed by atoms with E-state index in [1.165, 1.54) is 35.8 Å². The predicted molar refractivity (Wildman–Crippen MR) is 103 cm³/mol. The fourth-order valence-electron chi connectivity index (χ4n) is 2.48. The number of ether oxygens (including phenoxy) is 1. The molecule has 2 amide bonds. The highest BCUT2D eigenvalue weighted by Gasteiger charge is 2.19. The van der Waals surface area contributed by atoms with E-state index in [-0.39, 0.29) is 11.6 Å². The highest BCUT2D eigenvalue weighted by atomic mass is 32.1. The van der Waals surface area contributed by atoms with Crippen LogP contribution < -0.4 is 10.6 Å². The first-order valence-corrected chi connectivity index (χ1v) is 9.46. The molecule has 0 radical (unpaired) electrons. The highest BCUT2D eigenvalue weighted by Crippen LogP contribution is 2.26. The molecule has 1 aromatic carbocycles. The number of carbonyl (C=O) groups is 3. The third-order valence-electron chi connectivity index (χ3n) is 3.84. The number of benzene rings is 1. The summed E-state index contributed by atoms with van der Waals surface area (Å²) in [5.74, 6) is -2.18. The maximum Gasteiger partial charge on any atom is 0.325 e. The number of hydrogen-bond acceptors (Lipinski definition) is 6. The Bertz CT molecular complexity index is 955. The van der Waals surface area contributed by atoms with Crippen LogP contribution in [0.3, 0.4) is 0 Å². The molecule has 0 spiro atoms. The molecule has 0 saturated carbocycles. The van der Waals surface area contributed by atoms with Crippen LogP contribution in [0.15, 0.2) is 64.6 Å². The third kappa shape index (κ3) is 5.76. The molecule has 0 saturated heterocycles. The molecule has 150 valence electrons. The Morgan fingerprint density at radius 2 is 1.90 bits per heavy atom. The molecule has 2 heterocycles. The monoisotopic (exact) mass is 416 g/mol. The molecule has 0 bridgehead atoms. The second-order valence-electron chi connectivity index (χ2n) is 5.89. The van der Waals surface area contributed by atoms with Gasteiger partial charge < -0.3 is 19.8 Å². The zero-order valence-electron chi connectivity index (χ0n) is 15.1. The third-order valence-corrected chi connectivity index (χ3v) is 4.78. The molecule has 0 aliphatic carbocycles. The van der Waals surface area contributed by atoms with Gasteiger partial charge in [0.2, 0.25) is 0 Å². The lowest BCUT2D eigenvalue weighted by Gasteiger charge is -2.18. The summed E-state index contributed by atoms with van der Waals surface area (Å²) in [5, 5.41) is 6.96. The number of rotatable bonds is 8. The molecule has 3 aromatic rings. The molecule has 29 heavy (non-hydrogen) atoms. The van der Waals surface area contributed by atoms with Crippen molar-refractivity contribution in [1.29, 1.82) is 0 Å². The number of esters is 1. The van der Waals surface area contributed by atoms with E-state index in [1.807, 2.05) is 17.5 Å². The lowest BCUT2D eigenvalue weighted by molar-refractivity contribution is -0.147. The largest absolute Gasteiger partial charge is 0.459 e. The lowest BCUT2D eigenvalue weighted by Crippen LogP contribution is -2.35. The molecule has 1 atom stereocenters. The Balaban J connectivity index is 1.51. The molecular weight excluding hydrogens is 399 g/mol. The van der Waals surface area contributed by atoms with Crippen LogP contribution in [0.4, 0.5) is 4.39 Å². The van der Waals surface area contributed by atoms with Crippen LogP contribution in [0.5, 0.6) is 0 Å². The van der Waals surface area contributed by atoms with Gasteiger partial charge in [-0.25, -0.2) is 4.39 Å². The number of nitrogens with one attached hydrogen (secondary N) is 2. The van der Waals surface area contributed by atoms with E-state index >= 15 is 0 Å². The van der Waals surface area contributed by atoms with Crippen LogP contribution in [0, 0.1) is 5.82 Å². The van der Waals surface area contributed by atoms with Gasteiger partial charge in [-0.15, -0.1) is 11.3 Å². The minimum Gasteiger partial charge on any atom is -0.459 e. The van der Waals surface area contributed by atoms with Crippen molar-refractivity contribution in [1.82, 2.24) is 10.6 Å². The Kier molecular flexibility index (Phi) is 6.75. The SMILES string of the molecule is O=C(COC(=O)CNC(=O)c1ccco1)N[C@H](c1ccc(F)cc1)c1cccs1. The maximum absolute atomic E-state index is 13.2. The van der Waals surface area contributed by atoms with E-state index in [0.717, 1.165) is 4.88 Å². The smallest absolute Gasteiger partial charge is 0.325 e. The zero-order valence-corrected chi connectivity index (χ0v) is 15.9. The van der Waals surface area contributed by atoms with E-state index in [1.54, 1.807) is 18.2 Å². The van der Waals surface area contributed by atoms with Gasteiger partial charge >= 0.3 is 5.97 Å². The van der Waals surface area contributed by atoms with Gasteiger partial charge in [0.15, 0.2) is 12.4 Å². The minimum atomic E-state index is -0.769. The Morgan fingerprint density at radius 1 is 1.10 bits per heavy atom. The first kappa shape index (κ1) is 20.3. The fraction of sp³-hybridized carbons (Fsp3) is 0.150. The average molecular weight is 416 g/mol. The Morgan fingerprint density at radius 3 is 2.55 bits per heavy atom. The summed E-state index contributed by atoms with van der Waals surface area (Å²) in [6.07, 6.45) is 1.34. The number of thiophene rings is 1. The molecule has 2 aromatic heterocycles. The van der Waals surface area contributed by atoms with Gasteiger partial charge in [-0.3, -0.25) is 14.4 Å². The lowest BCUT2D eigenvalue weighted by atomic mass is 10.1. The summed E-state index contributed by atoms with van der Waals surface area (Å²) in [6.45, 7) is -0.919. The van der Waals surface area contributed by atoms with Crippen molar-refractivity contribution in [2.45, 2.75) is 6.04 Å². The van der Waals surface area contributed by atoms with Gasteiger partial charge in [0.05, 0.1) is 12.3 Å². The summed E-state index contributed by atoms with van der Waals surface area (Å²) >= 11 is 1.43. The summed E-state index contributed by atoms with van der Waals surface area (Å²) < 4.78 is 23.0. The average Bonchev–Trinajstić information content (AvgIpc) is 3.43. The van der Waals surface area contributed by atoms with Crippen LogP contribution in [0.25, 0.3) is 0 Å². The highest BCUT2D eigenvalue weighted by molar-refractivity contribution is 7.10. The van der Waals surface area contributed by atoms with E-state index < -0.39 is 37.0 Å². The van der Waals surface area contributed by atoms with Gasteiger partial charge in [-0.2, -0.15) is 0 Å². The number of halogens is 1. The molecule has 7 nitrogen and oxygen atoms in total. The molecule has 0 aliphatic rings. The van der Waals surface area contributed by atoms with Crippen LogP contribution in [-0.2, 0) is 14.3 Å². The van der Waals surface area contributed by atoms with Crippen molar-refractivity contribution in [2.75, 3.05) is 13.2 Å². The second-order valence-corrected chi connectivity index (χ2v) is 6.87. The molecule has 3 rings (SSSR count). The molecule has 0 fully saturated rings. The maximum atomic E-state index is 13.2. The summed E-state index contributed by atoms with van der Waals surface area (Å²) in [6, 6.07) is 12.0. The fourth-order valence-corrected chi connectivity index (χ4v) is 3.28. The summed E-state index contributed by atoms with van der Waals surface area (Å²) in [7, 11) is 0. The Hall–Kier alpha value is -3.46. The van der Waals surface area contributed by atoms with Crippen molar-refractivity contribution in [3.63, 3.8) is 0 Å². The first-order chi connectivity index (χ1) is 14.0. The number of hydrogen-bond donors (Lipinski definition) is 2. The Labute approximate surface area is 169 Å².